The van der Waals surface area contributed by atoms with E-state index in [-0.39, 0.29) is 47.3 Å². The van der Waals surface area contributed by atoms with Crippen molar-refractivity contribution in [2.75, 3.05) is 43.8 Å². The Labute approximate surface area is 289 Å². The maximum atomic E-state index is 14.0. The van der Waals surface area contributed by atoms with Crippen LogP contribution in [0.15, 0.2) is 66.7 Å². The van der Waals surface area contributed by atoms with Crippen molar-refractivity contribution in [1.82, 2.24) is 14.7 Å². The minimum atomic E-state index is -4.73. The van der Waals surface area contributed by atoms with E-state index in [1.54, 1.807) is 9.80 Å². The van der Waals surface area contributed by atoms with Crippen LogP contribution in [0.3, 0.4) is 0 Å². The number of nitrogens with zero attached hydrogens (tertiary/aromatic N) is 3. The number of alkyl halides is 3. The van der Waals surface area contributed by atoms with Crippen molar-refractivity contribution >= 4 is 40.8 Å². The lowest BCUT2D eigenvalue weighted by atomic mass is 9.87. The summed E-state index contributed by atoms with van der Waals surface area (Å²) >= 11 is 6.14. The molecule has 3 aliphatic heterocycles. The van der Waals surface area contributed by atoms with Gasteiger partial charge in [0.25, 0.3) is 0 Å². The topological polar surface area (TPSA) is 99.0 Å². The van der Waals surface area contributed by atoms with Crippen molar-refractivity contribution in [1.29, 1.82) is 0 Å². The molecule has 0 radical (unpaired) electrons. The molecule has 1 unspecified atom stereocenters. The van der Waals surface area contributed by atoms with Crippen molar-refractivity contribution in [3.63, 3.8) is 0 Å². The van der Waals surface area contributed by atoms with Crippen LogP contribution >= 0.6 is 11.6 Å². The number of likely N-dealkylation sites (tertiary alicyclic amines) is 2. The summed E-state index contributed by atoms with van der Waals surface area (Å²) in [5, 5.41) is 2.76. The zero-order valence-electron chi connectivity index (χ0n) is 27.2. The number of fused-ring (bicyclic) bond motifs is 1. The first-order valence-electron chi connectivity index (χ1n) is 16.9. The second-order valence-electron chi connectivity index (χ2n) is 13.3. The predicted molar refractivity (Wildman–Crippen MR) is 183 cm³/mol. The maximum absolute atomic E-state index is 14.0. The molecule has 0 aromatic heterocycles. The molecule has 0 bridgehead atoms. The van der Waals surface area contributed by atoms with Gasteiger partial charge in [-0.2, -0.15) is 13.2 Å². The Morgan fingerprint density at radius 2 is 1.55 bits per heavy atom. The average Bonchev–Trinajstić information content (AvgIpc) is 3.27. The van der Waals surface area contributed by atoms with Crippen LogP contribution in [0.2, 0.25) is 5.02 Å². The second-order valence-corrected chi connectivity index (χ2v) is 13.7. The standard InChI is InChI=1S/C37H41ClF3N5O3/c38-31-22-24(21-30(34(31)42)37(39,40)41)20-28(35(48)45-15-10-26(11-16-45)25-6-2-1-3-7-25)23-33(47)44-17-13-29(14-18-44)46-19-12-27-8-4-5-9-32(27)43-36(46)49/h1-9,21-22,26,28-29H,10-20,23,42H2,(H,43,49). The fraction of sp³-hybridized carbons (Fsp3) is 0.432. The van der Waals surface area contributed by atoms with Gasteiger partial charge in [-0.05, 0) is 79.3 Å². The third-order valence-corrected chi connectivity index (χ3v) is 10.5. The third-order valence-electron chi connectivity index (χ3n) is 10.2. The van der Waals surface area contributed by atoms with Gasteiger partial charge in [0.15, 0.2) is 0 Å². The zero-order chi connectivity index (χ0) is 34.7. The van der Waals surface area contributed by atoms with Crippen molar-refractivity contribution in [2.45, 2.75) is 63.1 Å². The number of para-hydroxylation sites is 1. The molecule has 2 fully saturated rings. The molecule has 4 amide bonds. The Morgan fingerprint density at radius 1 is 0.898 bits per heavy atom. The molecule has 8 nitrogen and oxygen atoms in total. The number of halogens is 4. The molecule has 3 aliphatic rings. The number of nitrogens with two attached hydrogens (primary N) is 1. The summed E-state index contributed by atoms with van der Waals surface area (Å²) in [5.41, 5.74) is 7.35. The highest BCUT2D eigenvalue weighted by molar-refractivity contribution is 6.33. The number of anilines is 2. The summed E-state index contributed by atoms with van der Waals surface area (Å²) in [6.45, 7) is 2.38. The molecule has 0 saturated carbocycles. The highest BCUT2D eigenvalue weighted by Crippen LogP contribution is 2.39. The molecular weight excluding hydrogens is 655 g/mol. The van der Waals surface area contributed by atoms with Crippen molar-refractivity contribution in [2.24, 2.45) is 5.92 Å². The van der Waals surface area contributed by atoms with Gasteiger partial charge in [-0.3, -0.25) is 9.59 Å². The smallest absolute Gasteiger partial charge is 0.397 e. The fourth-order valence-electron chi connectivity index (χ4n) is 7.48. The molecule has 1 atom stereocenters. The molecule has 12 heteroatoms. The molecule has 260 valence electrons. The zero-order valence-corrected chi connectivity index (χ0v) is 28.0. The van der Waals surface area contributed by atoms with E-state index in [1.165, 1.54) is 11.6 Å². The van der Waals surface area contributed by atoms with E-state index in [2.05, 4.69) is 17.4 Å². The highest BCUT2D eigenvalue weighted by atomic mass is 35.5. The number of nitrogens with one attached hydrogen (secondary N) is 1. The summed E-state index contributed by atoms with van der Waals surface area (Å²) < 4.78 is 41.4. The quantitative estimate of drug-likeness (QED) is 0.261. The molecule has 3 aromatic carbocycles. The Bertz CT molecular complexity index is 1670. The molecular formula is C37H41ClF3N5O3. The van der Waals surface area contributed by atoms with Gasteiger partial charge in [0.05, 0.1) is 22.2 Å². The SMILES string of the molecule is Nc1c(Cl)cc(CC(CC(=O)N2CCC(N3CCc4ccccc4NC3=O)CC2)C(=O)N2CCC(c3ccccc3)CC2)cc1C(F)(F)F. The molecule has 0 aliphatic carbocycles. The van der Waals surface area contributed by atoms with E-state index < -0.39 is 23.3 Å². The Balaban J connectivity index is 1.14. The first-order chi connectivity index (χ1) is 23.5. The number of benzene rings is 3. The van der Waals surface area contributed by atoms with Crippen LogP contribution in [0, 0.1) is 5.92 Å². The predicted octanol–water partition coefficient (Wildman–Crippen LogP) is 6.98. The van der Waals surface area contributed by atoms with E-state index in [4.69, 9.17) is 17.3 Å². The van der Waals surface area contributed by atoms with Crippen LogP contribution in [0.1, 0.15) is 60.3 Å². The number of amides is 4. The van der Waals surface area contributed by atoms with Crippen LogP contribution in [0.5, 0.6) is 0 Å². The van der Waals surface area contributed by atoms with Gasteiger partial charge < -0.3 is 25.8 Å². The molecule has 3 N–H and O–H groups in total. The van der Waals surface area contributed by atoms with E-state index >= 15 is 0 Å². The maximum Gasteiger partial charge on any atom is 0.418 e. The van der Waals surface area contributed by atoms with Gasteiger partial charge in [-0.25, -0.2) is 4.79 Å². The average molecular weight is 696 g/mol. The number of carbonyl (C=O) groups excluding carboxylic acids is 3. The Morgan fingerprint density at radius 3 is 2.24 bits per heavy atom. The van der Waals surface area contributed by atoms with E-state index in [0.29, 0.717) is 51.5 Å². The fourth-order valence-corrected chi connectivity index (χ4v) is 7.72. The minimum Gasteiger partial charge on any atom is -0.397 e. The third kappa shape index (κ3) is 7.98. The van der Waals surface area contributed by atoms with Crippen molar-refractivity contribution in [3.05, 3.63) is 94.0 Å². The number of nitrogen functional groups attached to an aromatic ring is 1. The molecule has 6 rings (SSSR count). The number of hydrogen-bond acceptors (Lipinski definition) is 4. The van der Waals surface area contributed by atoms with E-state index in [9.17, 15) is 27.6 Å². The highest BCUT2D eigenvalue weighted by Gasteiger charge is 2.37. The van der Waals surface area contributed by atoms with E-state index in [1.807, 2.05) is 47.4 Å². The van der Waals surface area contributed by atoms with Crippen LogP contribution in [0.25, 0.3) is 0 Å². The number of hydrogen-bond donors (Lipinski definition) is 2. The van der Waals surface area contributed by atoms with Crippen LogP contribution in [0.4, 0.5) is 29.3 Å². The Hall–Kier alpha value is -4.25. The van der Waals surface area contributed by atoms with E-state index in [0.717, 1.165) is 36.6 Å². The molecule has 3 aromatic rings. The van der Waals surface area contributed by atoms with Crippen LogP contribution in [-0.2, 0) is 28.6 Å². The summed E-state index contributed by atoms with van der Waals surface area (Å²) in [5.74, 6) is -1.06. The first kappa shape index (κ1) is 34.6. The van der Waals surface area contributed by atoms with Gasteiger partial charge in [0.2, 0.25) is 11.8 Å². The molecule has 3 heterocycles. The van der Waals surface area contributed by atoms with Gasteiger partial charge in [-0.15, -0.1) is 0 Å². The normalized spacial score (nSPS) is 18.4. The van der Waals surface area contributed by atoms with Gasteiger partial charge >= 0.3 is 12.2 Å². The summed E-state index contributed by atoms with van der Waals surface area (Å²) in [7, 11) is 0. The van der Waals surface area contributed by atoms with Gasteiger partial charge in [-0.1, -0.05) is 60.1 Å². The molecule has 0 spiro atoms. The van der Waals surface area contributed by atoms with Gasteiger partial charge in [0, 0.05) is 50.9 Å². The first-order valence-corrected chi connectivity index (χ1v) is 17.3. The summed E-state index contributed by atoms with van der Waals surface area (Å²) in [6.07, 6.45) is -1.55. The number of carbonyl (C=O) groups is 3. The minimum absolute atomic E-state index is 0.0422. The lowest BCUT2D eigenvalue weighted by Crippen LogP contribution is -2.50. The molecule has 49 heavy (non-hydrogen) atoms. The lowest BCUT2D eigenvalue weighted by molar-refractivity contribution is -0.142. The Kier molecular flexibility index (Phi) is 10.4. The summed E-state index contributed by atoms with van der Waals surface area (Å²) in [6, 6.07) is 19.9. The number of urea groups is 1. The largest absolute Gasteiger partial charge is 0.418 e. The number of rotatable bonds is 7. The lowest BCUT2D eigenvalue weighted by Gasteiger charge is -2.38. The van der Waals surface area contributed by atoms with Gasteiger partial charge in [0.1, 0.15) is 0 Å². The second kappa shape index (κ2) is 14.7. The van der Waals surface area contributed by atoms with Crippen LogP contribution < -0.4 is 11.1 Å². The van der Waals surface area contributed by atoms with Crippen molar-refractivity contribution < 1.29 is 27.6 Å². The van der Waals surface area contributed by atoms with Crippen molar-refractivity contribution in [3.8, 4) is 0 Å². The number of piperidine rings is 2. The molecule has 2 saturated heterocycles. The monoisotopic (exact) mass is 695 g/mol. The summed E-state index contributed by atoms with van der Waals surface area (Å²) in [4.78, 5) is 46.2. The van der Waals surface area contributed by atoms with Crippen LogP contribution in [-0.4, -0.2) is 71.3 Å².